The fourth-order valence-corrected chi connectivity index (χ4v) is 1.54. The van der Waals surface area contributed by atoms with Gasteiger partial charge in [-0.15, -0.1) is 0 Å². The van der Waals surface area contributed by atoms with Crippen molar-refractivity contribution in [1.82, 2.24) is 0 Å². The second-order valence-electron chi connectivity index (χ2n) is 3.91. The third-order valence-corrected chi connectivity index (χ3v) is 2.72. The molecule has 0 aromatic heterocycles. The van der Waals surface area contributed by atoms with Crippen LogP contribution in [0.15, 0.2) is 24.3 Å². The first-order chi connectivity index (χ1) is 7.71. The highest BCUT2D eigenvalue weighted by Gasteiger charge is 2.16. The topological polar surface area (TPSA) is 55.5 Å². The summed E-state index contributed by atoms with van der Waals surface area (Å²) in [6.45, 7) is 4.03. The van der Waals surface area contributed by atoms with Gasteiger partial charge in [0.25, 0.3) is 0 Å². The molecule has 16 heavy (non-hydrogen) atoms. The van der Waals surface area contributed by atoms with Crippen molar-refractivity contribution in [2.45, 2.75) is 38.8 Å². The van der Waals surface area contributed by atoms with E-state index in [2.05, 4.69) is 13.0 Å². The zero-order valence-electron chi connectivity index (χ0n) is 10.0. The first kappa shape index (κ1) is 13.0. The maximum atomic E-state index is 9.21. The Morgan fingerprint density at radius 2 is 2.12 bits per heavy atom. The van der Waals surface area contributed by atoms with E-state index in [0.29, 0.717) is 0 Å². The molecule has 0 radical (unpaired) electrons. The lowest BCUT2D eigenvalue weighted by Gasteiger charge is -2.22. The van der Waals surface area contributed by atoms with Gasteiger partial charge in [-0.05, 0) is 30.5 Å². The van der Waals surface area contributed by atoms with Gasteiger partial charge in [-0.2, -0.15) is 0 Å². The Morgan fingerprint density at radius 3 is 2.69 bits per heavy atom. The van der Waals surface area contributed by atoms with Gasteiger partial charge in [0.15, 0.2) is 0 Å². The van der Waals surface area contributed by atoms with Gasteiger partial charge in [-0.25, -0.2) is 0 Å². The van der Waals surface area contributed by atoms with E-state index in [1.807, 2.05) is 25.1 Å². The number of rotatable bonds is 6. The number of hydrogen-bond acceptors (Lipinski definition) is 3. The molecule has 3 heteroatoms. The maximum Gasteiger partial charge on any atom is 0.137 e. The second kappa shape index (κ2) is 6.51. The summed E-state index contributed by atoms with van der Waals surface area (Å²) in [6, 6.07) is 7.77. The summed E-state index contributed by atoms with van der Waals surface area (Å²) < 4.78 is 5.68. The van der Waals surface area contributed by atoms with Gasteiger partial charge in [-0.3, -0.25) is 0 Å². The SMILES string of the molecule is CCc1cccc(OC(CO)C(N)CC)c1. The molecule has 1 aromatic carbocycles. The third-order valence-electron chi connectivity index (χ3n) is 2.72. The molecular formula is C13H21NO2. The van der Waals surface area contributed by atoms with Crippen molar-refractivity contribution in [2.75, 3.05) is 6.61 Å². The highest BCUT2D eigenvalue weighted by Crippen LogP contribution is 2.16. The van der Waals surface area contributed by atoms with Crippen LogP contribution in [0.5, 0.6) is 5.75 Å². The molecule has 0 amide bonds. The Balaban J connectivity index is 2.69. The molecule has 0 saturated carbocycles. The van der Waals surface area contributed by atoms with Crippen molar-refractivity contribution in [2.24, 2.45) is 5.73 Å². The van der Waals surface area contributed by atoms with E-state index in [1.165, 1.54) is 5.56 Å². The van der Waals surface area contributed by atoms with Gasteiger partial charge in [0.1, 0.15) is 11.9 Å². The van der Waals surface area contributed by atoms with Crippen LogP contribution in [0.25, 0.3) is 0 Å². The molecule has 2 atom stereocenters. The summed E-state index contributed by atoms with van der Waals surface area (Å²) >= 11 is 0. The minimum absolute atomic E-state index is 0.0502. The monoisotopic (exact) mass is 223 g/mol. The maximum absolute atomic E-state index is 9.21. The molecule has 0 aliphatic carbocycles. The number of aliphatic hydroxyl groups is 1. The third kappa shape index (κ3) is 3.51. The van der Waals surface area contributed by atoms with Gasteiger partial charge in [0, 0.05) is 6.04 Å². The lowest BCUT2D eigenvalue weighted by atomic mass is 10.1. The van der Waals surface area contributed by atoms with E-state index in [-0.39, 0.29) is 18.8 Å². The van der Waals surface area contributed by atoms with Crippen LogP contribution in [-0.2, 0) is 6.42 Å². The van der Waals surface area contributed by atoms with Crippen LogP contribution in [0.2, 0.25) is 0 Å². The van der Waals surface area contributed by atoms with Crippen LogP contribution in [0.3, 0.4) is 0 Å². The van der Waals surface area contributed by atoms with Gasteiger partial charge < -0.3 is 15.6 Å². The molecule has 0 bridgehead atoms. The van der Waals surface area contributed by atoms with E-state index < -0.39 is 0 Å². The Hall–Kier alpha value is -1.06. The zero-order valence-corrected chi connectivity index (χ0v) is 10.0. The first-order valence-corrected chi connectivity index (χ1v) is 5.83. The predicted octanol–water partition coefficient (Wildman–Crippen LogP) is 1.73. The molecule has 1 aromatic rings. The summed E-state index contributed by atoms with van der Waals surface area (Å²) in [5.74, 6) is 0.780. The Morgan fingerprint density at radius 1 is 1.38 bits per heavy atom. The summed E-state index contributed by atoms with van der Waals surface area (Å²) in [5.41, 5.74) is 7.08. The fraction of sp³-hybridized carbons (Fsp3) is 0.538. The lowest BCUT2D eigenvalue weighted by molar-refractivity contribution is 0.0932. The second-order valence-corrected chi connectivity index (χ2v) is 3.91. The van der Waals surface area contributed by atoms with Crippen molar-refractivity contribution in [3.05, 3.63) is 29.8 Å². The number of aliphatic hydroxyl groups excluding tert-OH is 1. The van der Waals surface area contributed by atoms with Crippen LogP contribution in [-0.4, -0.2) is 23.9 Å². The average Bonchev–Trinajstić information content (AvgIpc) is 2.35. The lowest BCUT2D eigenvalue weighted by Crippen LogP contribution is -2.41. The number of aryl methyl sites for hydroxylation is 1. The van der Waals surface area contributed by atoms with Crippen LogP contribution in [0, 0.1) is 0 Å². The summed E-state index contributed by atoms with van der Waals surface area (Å²) in [6.07, 6.45) is 1.44. The fourth-order valence-electron chi connectivity index (χ4n) is 1.54. The molecule has 0 aliphatic rings. The minimum Gasteiger partial charge on any atom is -0.486 e. The molecular weight excluding hydrogens is 202 g/mol. The van der Waals surface area contributed by atoms with E-state index in [1.54, 1.807) is 0 Å². The molecule has 2 unspecified atom stereocenters. The Bertz CT molecular complexity index is 315. The van der Waals surface area contributed by atoms with Crippen molar-refractivity contribution in [3.63, 3.8) is 0 Å². The minimum atomic E-state index is -0.322. The van der Waals surface area contributed by atoms with Crippen LogP contribution >= 0.6 is 0 Å². The van der Waals surface area contributed by atoms with E-state index >= 15 is 0 Å². The quantitative estimate of drug-likeness (QED) is 0.772. The van der Waals surface area contributed by atoms with Crippen molar-refractivity contribution in [1.29, 1.82) is 0 Å². The van der Waals surface area contributed by atoms with Gasteiger partial charge in [0.2, 0.25) is 0 Å². The number of benzene rings is 1. The van der Waals surface area contributed by atoms with Crippen LogP contribution in [0.1, 0.15) is 25.8 Å². The van der Waals surface area contributed by atoms with Gasteiger partial charge >= 0.3 is 0 Å². The van der Waals surface area contributed by atoms with Crippen molar-refractivity contribution in [3.8, 4) is 5.75 Å². The summed E-state index contributed by atoms with van der Waals surface area (Å²) in [5, 5.41) is 9.21. The van der Waals surface area contributed by atoms with E-state index in [4.69, 9.17) is 10.5 Å². The molecule has 0 saturated heterocycles. The molecule has 90 valence electrons. The summed E-state index contributed by atoms with van der Waals surface area (Å²) in [4.78, 5) is 0. The normalized spacial score (nSPS) is 14.5. The molecule has 0 aliphatic heterocycles. The standard InChI is InChI=1S/C13H21NO2/c1-3-10-6-5-7-11(8-10)16-13(9-15)12(14)4-2/h5-8,12-13,15H,3-4,9,14H2,1-2H3. The highest BCUT2D eigenvalue weighted by molar-refractivity contribution is 5.28. The van der Waals surface area contributed by atoms with Crippen LogP contribution in [0.4, 0.5) is 0 Å². The number of nitrogens with two attached hydrogens (primary N) is 1. The van der Waals surface area contributed by atoms with Gasteiger partial charge in [-0.1, -0.05) is 26.0 Å². The van der Waals surface area contributed by atoms with E-state index in [9.17, 15) is 5.11 Å². The van der Waals surface area contributed by atoms with Gasteiger partial charge in [0.05, 0.1) is 6.61 Å². The average molecular weight is 223 g/mol. The molecule has 3 N–H and O–H groups in total. The molecule has 0 spiro atoms. The Kier molecular flexibility index (Phi) is 5.29. The largest absolute Gasteiger partial charge is 0.486 e. The zero-order chi connectivity index (χ0) is 12.0. The first-order valence-electron chi connectivity index (χ1n) is 5.83. The number of ether oxygens (including phenoxy) is 1. The molecule has 3 nitrogen and oxygen atoms in total. The number of hydrogen-bond donors (Lipinski definition) is 2. The molecule has 0 fully saturated rings. The van der Waals surface area contributed by atoms with E-state index in [0.717, 1.165) is 18.6 Å². The predicted molar refractivity (Wildman–Crippen MR) is 65.6 cm³/mol. The molecule has 1 rings (SSSR count). The van der Waals surface area contributed by atoms with Crippen molar-refractivity contribution < 1.29 is 9.84 Å². The highest BCUT2D eigenvalue weighted by atomic mass is 16.5. The van der Waals surface area contributed by atoms with Crippen molar-refractivity contribution >= 4 is 0 Å². The summed E-state index contributed by atoms with van der Waals surface area (Å²) in [7, 11) is 0. The van der Waals surface area contributed by atoms with Crippen LogP contribution < -0.4 is 10.5 Å². The molecule has 0 heterocycles. The Labute approximate surface area is 97.2 Å². The smallest absolute Gasteiger partial charge is 0.137 e.